The van der Waals surface area contributed by atoms with Gasteiger partial charge in [0.25, 0.3) is 5.69 Å². The maximum atomic E-state index is 10.8. The van der Waals surface area contributed by atoms with Crippen molar-refractivity contribution >= 4 is 23.1 Å². The number of rotatable bonds is 4. The van der Waals surface area contributed by atoms with E-state index in [-0.39, 0.29) is 10.6 Å². The molecule has 0 saturated heterocycles. The summed E-state index contributed by atoms with van der Waals surface area (Å²) in [6, 6.07) is 5.64. The number of nitrogens with one attached hydrogen (secondary N) is 1. The van der Waals surface area contributed by atoms with Gasteiger partial charge in [-0.25, -0.2) is 0 Å². The summed E-state index contributed by atoms with van der Waals surface area (Å²) in [6.07, 6.45) is 5.74. The van der Waals surface area contributed by atoms with Crippen molar-refractivity contribution in [3.05, 3.63) is 33.9 Å². The van der Waals surface area contributed by atoms with Gasteiger partial charge in [-0.1, -0.05) is 6.42 Å². The van der Waals surface area contributed by atoms with E-state index in [0.29, 0.717) is 11.3 Å². The van der Waals surface area contributed by atoms with Gasteiger partial charge in [-0.2, -0.15) is 11.8 Å². The van der Waals surface area contributed by atoms with Crippen molar-refractivity contribution < 1.29 is 4.92 Å². The van der Waals surface area contributed by atoms with Crippen molar-refractivity contribution in [1.82, 2.24) is 0 Å². The maximum absolute atomic E-state index is 10.8. The van der Waals surface area contributed by atoms with Gasteiger partial charge >= 0.3 is 0 Å². The lowest BCUT2D eigenvalue weighted by atomic mass is 10.1. The van der Waals surface area contributed by atoms with Gasteiger partial charge in [0, 0.05) is 29.1 Å². The number of nitro groups is 1. The minimum absolute atomic E-state index is 0.163. The first-order valence-corrected chi connectivity index (χ1v) is 7.44. The Kier molecular flexibility index (Phi) is 4.11. The van der Waals surface area contributed by atoms with Crippen LogP contribution in [-0.2, 0) is 0 Å². The molecule has 2 unspecified atom stereocenters. The summed E-state index contributed by atoms with van der Waals surface area (Å²) in [7, 11) is 0. The Bertz CT molecular complexity index is 451. The van der Waals surface area contributed by atoms with Crippen molar-refractivity contribution in [1.29, 1.82) is 0 Å². The van der Waals surface area contributed by atoms with E-state index < -0.39 is 0 Å². The van der Waals surface area contributed by atoms with Crippen molar-refractivity contribution in [3.8, 4) is 0 Å². The number of non-ortho nitro benzene ring substituents is 1. The van der Waals surface area contributed by atoms with Gasteiger partial charge in [0.1, 0.15) is 0 Å². The van der Waals surface area contributed by atoms with Crippen LogP contribution in [0.4, 0.5) is 11.4 Å². The standard InChI is InChI=1S/C13H18N2O2S/c1-9-6-10(8-11(7-9)15(16)17)14-12-4-3-5-13(12)18-2/h6-8,12-14H,3-5H2,1-2H3. The van der Waals surface area contributed by atoms with Gasteiger partial charge in [0.15, 0.2) is 0 Å². The van der Waals surface area contributed by atoms with E-state index in [9.17, 15) is 10.1 Å². The van der Waals surface area contributed by atoms with E-state index in [1.54, 1.807) is 12.1 Å². The highest BCUT2D eigenvalue weighted by molar-refractivity contribution is 7.99. The molecule has 4 nitrogen and oxygen atoms in total. The average Bonchev–Trinajstić information content (AvgIpc) is 2.75. The number of hydrogen-bond donors (Lipinski definition) is 1. The molecule has 5 heteroatoms. The highest BCUT2D eigenvalue weighted by Crippen LogP contribution is 2.31. The Morgan fingerprint density at radius 2 is 2.17 bits per heavy atom. The van der Waals surface area contributed by atoms with Crippen LogP contribution in [0.5, 0.6) is 0 Å². The molecule has 1 aromatic carbocycles. The van der Waals surface area contributed by atoms with Gasteiger partial charge in [0.05, 0.1) is 4.92 Å². The molecule has 0 aliphatic heterocycles. The number of hydrogen-bond acceptors (Lipinski definition) is 4. The predicted octanol–water partition coefficient (Wildman–Crippen LogP) is 3.60. The summed E-state index contributed by atoms with van der Waals surface area (Å²) in [5, 5.41) is 14.9. The molecular weight excluding hydrogens is 248 g/mol. The number of benzene rings is 1. The molecule has 2 rings (SSSR count). The van der Waals surface area contributed by atoms with Gasteiger partial charge in [-0.3, -0.25) is 10.1 Å². The van der Waals surface area contributed by atoms with Crippen LogP contribution in [0.25, 0.3) is 0 Å². The Morgan fingerprint density at radius 1 is 1.39 bits per heavy atom. The minimum Gasteiger partial charge on any atom is -0.381 e. The summed E-state index contributed by atoms with van der Waals surface area (Å²) < 4.78 is 0. The topological polar surface area (TPSA) is 55.2 Å². The molecule has 0 amide bonds. The monoisotopic (exact) mass is 266 g/mol. The van der Waals surface area contributed by atoms with Crippen molar-refractivity contribution in [2.75, 3.05) is 11.6 Å². The summed E-state index contributed by atoms with van der Waals surface area (Å²) in [4.78, 5) is 10.5. The number of anilines is 1. The van der Waals surface area contributed by atoms with Gasteiger partial charge in [0.2, 0.25) is 0 Å². The lowest BCUT2D eigenvalue weighted by Gasteiger charge is -2.20. The van der Waals surface area contributed by atoms with Crippen LogP contribution in [0.15, 0.2) is 18.2 Å². The molecule has 0 aromatic heterocycles. The van der Waals surface area contributed by atoms with Gasteiger partial charge in [-0.05, 0) is 37.7 Å². The molecule has 1 aliphatic rings. The van der Waals surface area contributed by atoms with Crippen LogP contribution in [0.3, 0.4) is 0 Å². The van der Waals surface area contributed by atoms with Crippen LogP contribution in [0.2, 0.25) is 0 Å². The second kappa shape index (κ2) is 5.61. The second-order valence-electron chi connectivity index (χ2n) is 4.77. The normalized spacial score (nSPS) is 23.0. The maximum Gasteiger partial charge on any atom is 0.271 e. The Hall–Kier alpha value is -1.23. The third-order valence-electron chi connectivity index (χ3n) is 3.38. The molecule has 1 aliphatic carbocycles. The van der Waals surface area contributed by atoms with E-state index in [1.165, 1.54) is 12.8 Å². The summed E-state index contributed by atoms with van der Waals surface area (Å²) in [5.41, 5.74) is 1.95. The fourth-order valence-electron chi connectivity index (χ4n) is 2.54. The van der Waals surface area contributed by atoms with E-state index in [0.717, 1.165) is 17.7 Å². The molecule has 1 aromatic rings. The van der Waals surface area contributed by atoms with Crippen molar-refractivity contribution in [2.24, 2.45) is 0 Å². The fraction of sp³-hybridized carbons (Fsp3) is 0.538. The van der Waals surface area contributed by atoms with Crippen LogP contribution >= 0.6 is 11.8 Å². The van der Waals surface area contributed by atoms with E-state index in [4.69, 9.17) is 0 Å². The number of nitrogens with zero attached hydrogens (tertiary/aromatic N) is 1. The highest BCUT2D eigenvalue weighted by atomic mass is 32.2. The van der Waals surface area contributed by atoms with E-state index in [1.807, 2.05) is 24.8 Å². The lowest BCUT2D eigenvalue weighted by molar-refractivity contribution is -0.384. The number of aryl methyl sites for hydroxylation is 1. The molecule has 1 fully saturated rings. The minimum atomic E-state index is -0.334. The van der Waals surface area contributed by atoms with Gasteiger partial charge in [-0.15, -0.1) is 0 Å². The molecule has 2 atom stereocenters. The molecular formula is C13H18N2O2S. The first-order chi connectivity index (χ1) is 8.60. The summed E-state index contributed by atoms with van der Waals surface area (Å²) in [6.45, 7) is 1.89. The second-order valence-corrected chi connectivity index (χ2v) is 5.85. The van der Waals surface area contributed by atoms with E-state index >= 15 is 0 Å². The number of thioether (sulfide) groups is 1. The average molecular weight is 266 g/mol. The van der Waals surface area contributed by atoms with Crippen molar-refractivity contribution in [3.63, 3.8) is 0 Å². The lowest BCUT2D eigenvalue weighted by Crippen LogP contribution is -2.25. The third kappa shape index (κ3) is 2.96. The Morgan fingerprint density at radius 3 is 2.83 bits per heavy atom. The summed E-state index contributed by atoms with van der Waals surface area (Å²) in [5.74, 6) is 0. The number of nitro benzene ring substituents is 1. The van der Waals surface area contributed by atoms with Crippen LogP contribution in [0.1, 0.15) is 24.8 Å². The SMILES string of the molecule is CSC1CCCC1Nc1cc(C)cc([N+](=O)[O-])c1. The largest absolute Gasteiger partial charge is 0.381 e. The predicted molar refractivity (Wildman–Crippen MR) is 76.4 cm³/mol. The Labute approximate surface area is 111 Å². The Balaban J connectivity index is 2.16. The first kappa shape index (κ1) is 13.2. The highest BCUT2D eigenvalue weighted by Gasteiger charge is 2.26. The van der Waals surface area contributed by atoms with E-state index in [2.05, 4.69) is 11.6 Å². The van der Waals surface area contributed by atoms with Gasteiger partial charge < -0.3 is 5.32 Å². The third-order valence-corrected chi connectivity index (χ3v) is 4.55. The quantitative estimate of drug-likeness (QED) is 0.668. The summed E-state index contributed by atoms with van der Waals surface area (Å²) >= 11 is 1.88. The van der Waals surface area contributed by atoms with Crippen LogP contribution in [-0.4, -0.2) is 22.5 Å². The van der Waals surface area contributed by atoms with Crippen molar-refractivity contribution in [2.45, 2.75) is 37.5 Å². The molecule has 0 spiro atoms. The molecule has 0 heterocycles. The fourth-order valence-corrected chi connectivity index (χ4v) is 3.47. The molecule has 18 heavy (non-hydrogen) atoms. The zero-order valence-electron chi connectivity index (χ0n) is 10.7. The smallest absolute Gasteiger partial charge is 0.271 e. The molecule has 0 radical (unpaired) electrons. The molecule has 1 N–H and O–H groups in total. The molecule has 1 saturated carbocycles. The molecule has 98 valence electrons. The van der Waals surface area contributed by atoms with Crippen LogP contribution in [0, 0.1) is 17.0 Å². The first-order valence-electron chi connectivity index (χ1n) is 6.15. The zero-order chi connectivity index (χ0) is 13.1. The molecule has 0 bridgehead atoms. The zero-order valence-corrected chi connectivity index (χ0v) is 11.5. The van der Waals surface area contributed by atoms with Crippen LogP contribution < -0.4 is 5.32 Å².